The summed E-state index contributed by atoms with van der Waals surface area (Å²) in [6.07, 6.45) is 6.05. The molecule has 0 aliphatic heterocycles. The van der Waals surface area contributed by atoms with E-state index in [4.69, 9.17) is 4.98 Å². The summed E-state index contributed by atoms with van der Waals surface area (Å²) in [5.74, 6) is 0.965. The van der Waals surface area contributed by atoms with Gasteiger partial charge in [-0.1, -0.05) is 86.8 Å². The van der Waals surface area contributed by atoms with Crippen molar-refractivity contribution >= 4 is 10.8 Å². The quantitative estimate of drug-likeness (QED) is 0.340. The third kappa shape index (κ3) is 3.87. The number of hydrogen-bond donors (Lipinski definition) is 1. The predicted molar refractivity (Wildman–Crippen MR) is 120 cm³/mol. The number of aromatic amines is 1. The molecule has 0 spiro atoms. The van der Waals surface area contributed by atoms with Gasteiger partial charge in [0, 0.05) is 16.8 Å². The molecule has 1 aromatic heterocycles. The van der Waals surface area contributed by atoms with Crippen LogP contribution in [0.3, 0.4) is 0 Å². The van der Waals surface area contributed by atoms with Gasteiger partial charge >= 0.3 is 0 Å². The fourth-order valence-electron chi connectivity index (χ4n) is 3.93. The van der Waals surface area contributed by atoms with Crippen molar-refractivity contribution in [2.75, 3.05) is 0 Å². The molecule has 0 atom stereocenters. The van der Waals surface area contributed by atoms with E-state index in [1.54, 1.807) is 0 Å². The zero-order valence-corrected chi connectivity index (χ0v) is 16.8. The number of nitrogens with zero attached hydrogens (tertiary/aromatic N) is 1. The fraction of sp³-hybridized carbons (Fsp3) is 0.269. The van der Waals surface area contributed by atoms with Crippen LogP contribution in [0.2, 0.25) is 0 Å². The first kappa shape index (κ1) is 18.5. The van der Waals surface area contributed by atoms with E-state index in [0.717, 1.165) is 23.5 Å². The van der Waals surface area contributed by atoms with E-state index in [-0.39, 0.29) is 0 Å². The molecule has 1 heterocycles. The highest BCUT2D eigenvalue weighted by molar-refractivity contribution is 5.97. The summed E-state index contributed by atoms with van der Waals surface area (Å²) in [6, 6.07) is 23.6. The molecule has 2 nitrogen and oxygen atoms in total. The Hall–Kier alpha value is -2.87. The van der Waals surface area contributed by atoms with Crippen molar-refractivity contribution in [3.63, 3.8) is 0 Å². The van der Waals surface area contributed by atoms with Crippen LogP contribution in [0, 0.1) is 6.92 Å². The van der Waals surface area contributed by atoms with Crippen LogP contribution in [0.1, 0.15) is 43.9 Å². The molecule has 1 N–H and O–H groups in total. The first-order valence-corrected chi connectivity index (χ1v) is 10.4. The summed E-state index contributed by atoms with van der Waals surface area (Å²) < 4.78 is 0. The summed E-state index contributed by atoms with van der Waals surface area (Å²) >= 11 is 0. The summed E-state index contributed by atoms with van der Waals surface area (Å²) in [5.41, 5.74) is 6.01. The smallest absolute Gasteiger partial charge is 0.138 e. The van der Waals surface area contributed by atoms with Crippen LogP contribution < -0.4 is 0 Å². The maximum absolute atomic E-state index is 5.09. The van der Waals surface area contributed by atoms with Crippen molar-refractivity contribution in [1.82, 2.24) is 9.97 Å². The number of H-pyrrole nitrogens is 1. The van der Waals surface area contributed by atoms with Gasteiger partial charge in [0.05, 0.1) is 5.69 Å². The average Bonchev–Trinajstić information content (AvgIpc) is 3.15. The molecule has 0 saturated carbocycles. The summed E-state index contributed by atoms with van der Waals surface area (Å²) in [6.45, 7) is 4.43. The van der Waals surface area contributed by atoms with Crippen molar-refractivity contribution < 1.29 is 0 Å². The second-order valence-electron chi connectivity index (χ2n) is 7.62. The first-order valence-electron chi connectivity index (χ1n) is 10.4. The summed E-state index contributed by atoms with van der Waals surface area (Å²) in [5, 5.41) is 2.55. The minimum atomic E-state index is 0.965. The lowest BCUT2D eigenvalue weighted by molar-refractivity contribution is 0.662. The van der Waals surface area contributed by atoms with Crippen LogP contribution in [0.5, 0.6) is 0 Å². The zero-order valence-electron chi connectivity index (χ0n) is 16.8. The third-order valence-corrected chi connectivity index (χ3v) is 5.37. The highest BCUT2D eigenvalue weighted by Gasteiger charge is 2.16. The number of rotatable bonds is 7. The predicted octanol–water partition coefficient (Wildman–Crippen LogP) is 7.33. The van der Waals surface area contributed by atoms with Gasteiger partial charge in [-0.05, 0) is 42.2 Å². The third-order valence-electron chi connectivity index (χ3n) is 5.37. The molecule has 0 radical (unpaired) electrons. The van der Waals surface area contributed by atoms with Crippen molar-refractivity contribution in [2.45, 2.75) is 46.0 Å². The van der Waals surface area contributed by atoms with Gasteiger partial charge in [0.2, 0.25) is 0 Å². The van der Waals surface area contributed by atoms with Crippen LogP contribution in [0.25, 0.3) is 33.4 Å². The van der Waals surface area contributed by atoms with Gasteiger partial charge in [0.1, 0.15) is 5.82 Å². The SMILES string of the molecule is CCCCCCc1[nH]c(-c2ccccc2)nc1-c1cc(C)cc2ccccc12. The normalized spacial score (nSPS) is 11.2. The number of aromatic nitrogens is 2. The van der Waals surface area contributed by atoms with E-state index < -0.39 is 0 Å². The Labute approximate surface area is 167 Å². The fourth-order valence-corrected chi connectivity index (χ4v) is 3.93. The van der Waals surface area contributed by atoms with Crippen molar-refractivity contribution in [1.29, 1.82) is 0 Å². The van der Waals surface area contributed by atoms with Gasteiger partial charge in [-0.3, -0.25) is 0 Å². The number of benzene rings is 3. The van der Waals surface area contributed by atoms with E-state index in [1.807, 2.05) is 6.07 Å². The van der Waals surface area contributed by atoms with Gasteiger partial charge < -0.3 is 4.98 Å². The molecule has 0 unspecified atom stereocenters. The topological polar surface area (TPSA) is 28.7 Å². The van der Waals surface area contributed by atoms with E-state index in [1.165, 1.54) is 53.3 Å². The largest absolute Gasteiger partial charge is 0.341 e. The molecular weight excluding hydrogens is 340 g/mol. The Morgan fingerprint density at radius 3 is 2.46 bits per heavy atom. The van der Waals surface area contributed by atoms with E-state index in [2.05, 4.69) is 79.5 Å². The second kappa shape index (κ2) is 8.43. The molecule has 4 aromatic rings. The Morgan fingerprint density at radius 2 is 1.64 bits per heavy atom. The van der Waals surface area contributed by atoms with Crippen LogP contribution in [0.15, 0.2) is 66.7 Å². The maximum Gasteiger partial charge on any atom is 0.138 e. The molecular formula is C26H28N2. The molecule has 3 aromatic carbocycles. The van der Waals surface area contributed by atoms with E-state index in [9.17, 15) is 0 Å². The van der Waals surface area contributed by atoms with Crippen molar-refractivity contribution in [2.24, 2.45) is 0 Å². The summed E-state index contributed by atoms with van der Waals surface area (Å²) in [7, 11) is 0. The number of hydrogen-bond acceptors (Lipinski definition) is 1. The van der Waals surface area contributed by atoms with Crippen LogP contribution in [0.4, 0.5) is 0 Å². The van der Waals surface area contributed by atoms with Gasteiger partial charge in [-0.15, -0.1) is 0 Å². The average molecular weight is 369 g/mol. The molecule has 0 saturated heterocycles. The Morgan fingerprint density at radius 1 is 0.857 bits per heavy atom. The molecule has 0 bridgehead atoms. The lowest BCUT2D eigenvalue weighted by Gasteiger charge is -2.09. The Kier molecular flexibility index (Phi) is 5.57. The van der Waals surface area contributed by atoms with Crippen molar-refractivity contribution in [3.05, 3.63) is 78.0 Å². The Bertz CT molecular complexity index is 1060. The molecule has 0 fully saturated rings. The number of fused-ring (bicyclic) bond motifs is 1. The van der Waals surface area contributed by atoms with E-state index in [0.29, 0.717) is 0 Å². The van der Waals surface area contributed by atoms with Gasteiger partial charge in [-0.2, -0.15) is 0 Å². The van der Waals surface area contributed by atoms with Crippen LogP contribution >= 0.6 is 0 Å². The maximum atomic E-state index is 5.09. The monoisotopic (exact) mass is 368 g/mol. The first-order chi connectivity index (χ1) is 13.8. The number of nitrogens with one attached hydrogen (secondary N) is 1. The molecule has 28 heavy (non-hydrogen) atoms. The number of unbranched alkanes of at least 4 members (excludes halogenated alkanes) is 3. The van der Waals surface area contributed by atoms with Crippen LogP contribution in [-0.4, -0.2) is 9.97 Å². The zero-order chi connectivity index (χ0) is 19.3. The summed E-state index contributed by atoms with van der Waals surface area (Å²) in [4.78, 5) is 8.73. The molecule has 4 rings (SSSR count). The van der Waals surface area contributed by atoms with Gasteiger partial charge in [-0.25, -0.2) is 4.98 Å². The lowest BCUT2D eigenvalue weighted by atomic mass is 9.97. The van der Waals surface area contributed by atoms with Crippen LogP contribution in [-0.2, 0) is 6.42 Å². The molecule has 0 amide bonds. The molecule has 142 valence electrons. The van der Waals surface area contributed by atoms with E-state index >= 15 is 0 Å². The van der Waals surface area contributed by atoms with Gasteiger partial charge in [0.15, 0.2) is 0 Å². The van der Waals surface area contributed by atoms with Gasteiger partial charge in [0.25, 0.3) is 0 Å². The second-order valence-corrected chi connectivity index (χ2v) is 7.62. The minimum Gasteiger partial charge on any atom is -0.341 e. The molecule has 0 aliphatic rings. The minimum absolute atomic E-state index is 0.965. The van der Waals surface area contributed by atoms with Crippen molar-refractivity contribution in [3.8, 4) is 22.6 Å². The highest BCUT2D eigenvalue weighted by atomic mass is 14.9. The lowest BCUT2D eigenvalue weighted by Crippen LogP contribution is -1.92. The standard InChI is InChI=1S/C26H28N2/c1-3-4-5-9-16-24-25(28-26(27-24)20-12-7-6-8-13-20)23-18-19(2)17-21-14-10-11-15-22(21)23/h6-8,10-15,17-18H,3-5,9,16H2,1-2H3,(H,27,28). The highest BCUT2D eigenvalue weighted by Crippen LogP contribution is 2.33. The molecule has 2 heteroatoms. The number of imidazole rings is 1. The number of aryl methyl sites for hydroxylation is 2. The molecule has 0 aliphatic carbocycles. The Balaban J connectivity index is 1.82.